The van der Waals surface area contributed by atoms with E-state index in [1.165, 1.54) is 5.69 Å². The third-order valence-corrected chi connectivity index (χ3v) is 6.39. The van der Waals surface area contributed by atoms with Crippen LogP contribution in [-0.2, 0) is 0 Å². The molecular weight excluding hydrogens is 420 g/mol. The molecule has 8 nitrogen and oxygen atoms in total. The number of anilines is 2. The Bertz CT molecular complexity index is 1110. The van der Waals surface area contributed by atoms with Gasteiger partial charge in [0.25, 0.3) is 0 Å². The first-order valence-electron chi connectivity index (χ1n) is 11.6. The van der Waals surface area contributed by atoms with Crippen molar-refractivity contribution in [3.05, 3.63) is 48.7 Å². The molecule has 2 aliphatic rings. The number of urea groups is 1. The van der Waals surface area contributed by atoms with Gasteiger partial charge >= 0.3 is 6.03 Å². The summed E-state index contributed by atoms with van der Waals surface area (Å²) >= 11 is 0. The van der Waals surface area contributed by atoms with Crippen molar-refractivity contribution >= 4 is 28.4 Å². The lowest BCUT2D eigenvalue weighted by Crippen LogP contribution is -2.46. The number of carbonyl (C=O) groups is 1. The quantitative estimate of drug-likeness (QED) is 0.553. The second-order valence-electron chi connectivity index (χ2n) is 8.47. The van der Waals surface area contributed by atoms with E-state index in [4.69, 9.17) is 19.6 Å². The molecule has 3 heterocycles. The lowest BCUT2D eigenvalue weighted by molar-refractivity contribution is 0.171. The molecule has 0 unspecified atom stereocenters. The van der Waals surface area contributed by atoms with Crippen molar-refractivity contribution in [1.82, 2.24) is 4.90 Å². The summed E-state index contributed by atoms with van der Waals surface area (Å²) in [6, 6.07) is 13.4. The fourth-order valence-electron chi connectivity index (χ4n) is 4.59. The van der Waals surface area contributed by atoms with Crippen LogP contribution >= 0.6 is 0 Å². The molecule has 1 aromatic heterocycles. The van der Waals surface area contributed by atoms with Crippen molar-refractivity contribution in [3.63, 3.8) is 0 Å². The van der Waals surface area contributed by atoms with Crippen molar-refractivity contribution in [3.8, 4) is 11.5 Å². The van der Waals surface area contributed by atoms with Gasteiger partial charge in [0.15, 0.2) is 11.5 Å². The SMILES string of the molecule is NC(=O)N(CCCCN1CCN(c2ccc3c(c2)OCCO3)CC1)c1coc2ccccc12. The highest BCUT2D eigenvalue weighted by Crippen LogP contribution is 2.34. The number of hydrogen-bond acceptors (Lipinski definition) is 6. The first-order valence-corrected chi connectivity index (χ1v) is 11.6. The van der Waals surface area contributed by atoms with Crippen LogP contribution in [-0.4, -0.2) is 63.4 Å². The zero-order valence-electron chi connectivity index (χ0n) is 18.7. The molecule has 2 amide bonds. The minimum Gasteiger partial charge on any atom is -0.486 e. The van der Waals surface area contributed by atoms with E-state index in [0.29, 0.717) is 19.8 Å². The summed E-state index contributed by atoms with van der Waals surface area (Å²) in [7, 11) is 0. The van der Waals surface area contributed by atoms with Gasteiger partial charge < -0.3 is 24.5 Å². The van der Waals surface area contributed by atoms with Gasteiger partial charge in [-0.15, -0.1) is 0 Å². The molecule has 8 heteroatoms. The molecule has 2 aromatic carbocycles. The van der Waals surface area contributed by atoms with Gasteiger partial charge in [-0.05, 0) is 43.7 Å². The summed E-state index contributed by atoms with van der Waals surface area (Å²) in [4.78, 5) is 18.6. The first kappa shape index (κ1) is 21.5. The number of benzene rings is 2. The van der Waals surface area contributed by atoms with E-state index >= 15 is 0 Å². The van der Waals surface area contributed by atoms with Gasteiger partial charge in [0.05, 0.1) is 5.69 Å². The number of fused-ring (bicyclic) bond motifs is 2. The summed E-state index contributed by atoms with van der Waals surface area (Å²) in [6.45, 7) is 6.79. The molecule has 3 aromatic rings. The van der Waals surface area contributed by atoms with Crippen LogP contribution in [0.1, 0.15) is 12.8 Å². The third-order valence-electron chi connectivity index (χ3n) is 6.39. The average molecular weight is 451 g/mol. The number of nitrogens with two attached hydrogens (primary N) is 1. The Hall–Kier alpha value is -3.39. The van der Waals surface area contributed by atoms with Crippen LogP contribution in [0, 0.1) is 0 Å². The standard InChI is InChI=1S/C25H30N4O4/c26-25(30)29(21-18-33-22-6-2-1-5-20(21)22)10-4-3-9-27-11-13-28(14-12-27)19-7-8-23-24(17-19)32-16-15-31-23/h1-2,5-8,17-18H,3-4,9-16H2,(H2,26,30). The van der Waals surface area contributed by atoms with Crippen molar-refractivity contribution in [2.24, 2.45) is 5.73 Å². The second kappa shape index (κ2) is 9.62. The number of carbonyl (C=O) groups excluding carboxylic acids is 1. The van der Waals surface area contributed by atoms with E-state index in [9.17, 15) is 4.79 Å². The van der Waals surface area contributed by atoms with Gasteiger partial charge in [-0.25, -0.2) is 4.79 Å². The van der Waals surface area contributed by atoms with Crippen molar-refractivity contribution in [1.29, 1.82) is 0 Å². The first-order chi connectivity index (χ1) is 16.2. The van der Waals surface area contributed by atoms with Crippen LogP contribution in [0.15, 0.2) is 53.1 Å². The number of piperazine rings is 1. The molecule has 174 valence electrons. The zero-order valence-corrected chi connectivity index (χ0v) is 18.7. The lowest BCUT2D eigenvalue weighted by atomic mass is 10.2. The van der Waals surface area contributed by atoms with Crippen LogP contribution in [0.2, 0.25) is 0 Å². The van der Waals surface area contributed by atoms with Gasteiger partial charge in [0.1, 0.15) is 25.1 Å². The predicted octanol–water partition coefficient (Wildman–Crippen LogP) is 3.69. The molecule has 0 spiro atoms. The van der Waals surface area contributed by atoms with Gasteiger partial charge in [-0.2, -0.15) is 0 Å². The van der Waals surface area contributed by atoms with E-state index < -0.39 is 6.03 Å². The van der Waals surface area contributed by atoms with Crippen LogP contribution in [0.3, 0.4) is 0 Å². The van der Waals surface area contributed by atoms with E-state index in [1.807, 2.05) is 30.3 Å². The zero-order chi connectivity index (χ0) is 22.6. The number of para-hydroxylation sites is 1. The molecule has 2 aliphatic heterocycles. The Labute approximate surface area is 193 Å². The molecule has 0 saturated carbocycles. The molecule has 1 saturated heterocycles. The highest BCUT2D eigenvalue weighted by molar-refractivity contribution is 6.01. The summed E-state index contributed by atoms with van der Waals surface area (Å²) < 4.78 is 16.9. The second-order valence-corrected chi connectivity index (χ2v) is 8.47. The summed E-state index contributed by atoms with van der Waals surface area (Å²) in [5, 5.41) is 0.909. The van der Waals surface area contributed by atoms with E-state index in [0.717, 1.165) is 73.7 Å². The maximum atomic E-state index is 12.1. The molecule has 0 bridgehead atoms. The number of primary amides is 1. The Kier molecular flexibility index (Phi) is 6.26. The largest absolute Gasteiger partial charge is 0.486 e. The Morgan fingerprint density at radius 2 is 1.76 bits per heavy atom. The summed E-state index contributed by atoms with van der Waals surface area (Å²) in [5.74, 6) is 1.67. The van der Waals surface area contributed by atoms with Crippen LogP contribution < -0.4 is 25.0 Å². The number of unbranched alkanes of at least 4 members (excludes halogenated alkanes) is 1. The number of nitrogens with zero attached hydrogens (tertiary/aromatic N) is 3. The molecular formula is C25H30N4O4. The van der Waals surface area contributed by atoms with E-state index in [2.05, 4.69) is 21.9 Å². The lowest BCUT2D eigenvalue weighted by Gasteiger charge is -2.36. The molecule has 2 N–H and O–H groups in total. The van der Waals surface area contributed by atoms with Gasteiger partial charge in [-0.3, -0.25) is 9.80 Å². The summed E-state index contributed by atoms with van der Waals surface area (Å²) in [6.07, 6.45) is 3.50. The Morgan fingerprint density at radius 3 is 2.58 bits per heavy atom. The predicted molar refractivity (Wildman–Crippen MR) is 128 cm³/mol. The molecule has 33 heavy (non-hydrogen) atoms. The monoisotopic (exact) mass is 450 g/mol. The van der Waals surface area contributed by atoms with Crippen molar-refractivity contribution < 1.29 is 18.7 Å². The highest BCUT2D eigenvalue weighted by atomic mass is 16.6. The van der Waals surface area contributed by atoms with Crippen molar-refractivity contribution in [2.45, 2.75) is 12.8 Å². The normalized spacial score (nSPS) is 16.2. The van der Waals surface area contributed by atoms with Crippen LogP contribution in [0.4, 0.5) is 16.2 Å². The molecule has 0 radical (unpaired) electrons. The molecule has 0 aliphatic carbocycles. The smallest absolute Gasteiger partial charge is 0.319 e. The fourth-order valence-corrected chi connectivity index (χ4v) is 4.59. The molecule has 0 atom stereocenters. The van der Waals surface area contributed by atoms with E-state index in [-0.39, 0.29) is 0 Å². The topological polar surface area (TPSA) is 84.4 Å². The average Bonchev–Trinajstić information content (AvgIpc) is 3.28. The van der Waals surface area contributed by atoms with Gasteiger partial charge in [0, 0.05) is 49.9 Å². The Balaban J connectivity index is 1.09. The van der Waals surface area contributed by atoms with Gasteiger partial charge in [0.2, 0.25) is 0 Å². The fraction of sp³-hybridized carbons (Fsp3) is 0.400. The summed E-state index contributed by atoms with van der Waals surface area (Å²) in [5.41, 5.74) is 8.35. The number of ether oxygens (including phenoxy) is 2. The Morgan fingerprint density at radius 1 is 0.970 bits per heavy atom. The number of furan rings is 1. The van der Waals surface area contributed by atoms with E-state index in [1.54, 1.807) is 11.2 Å². The minimum atomic E-state index is -0.449. The number of hydrogen-bond donors (Lipinski definition) is 1. The van der Waals surface area contributed by atoms with Crippen LogP contribution in [0.25, 0.3) is 11.0 Å². The molecule has 1 fully saturated rings. The maximum Gasteiger partial charge on any atom is 0.319 e. The maximum absolute atomic E-state index is 12.1. The van der Waals surface area contributed by atoms with Crippen LogP contribution in [0.5, 0.6) is 11.5 Å². The number of amides is 2. The highest BCUT2D eigenvalue weighted by Gasteiger charge is 2.21. The minimum absolute atomic E-state index is 0.449. The van der Waals surface area contributed by atoms with Gasteiger partial charge in [-0.1, -0.05) is 12.1 Å². The third kappa shape index (κ3) is 4.71. The number of rotatable bonds is 7. The molecule has 5 rings (SSSR count). The van der Waals surface area contributed by atoms with Crippen molar-refractivity contribution in [2.75, 3.05) is 62.3 Å².